The van der Waals surface area contributed by atoms with Crippen LogP contribution in [0, 0.1) is 0 Å². The lowest BCUT2D eigenvalue weighted by Crippen LogP contribution is -2.06. The Morgan fingerprint density at radius 1 is 0.429 bits per heavy atom. The van der Waals surface area contributed by atoms with E-state index in [1.54, 1.807) is 36.4 Å². The van der Waals surface area contributed by atoms with E-state index in [9.17, 15) is 72.3 Å². The highest BCUT2D eigenvalue weighted by Gasteiger charge is 2.29. The standard InChI is InChI=1S/C38H27N5O16S4/c44-29-14-19(6-10-27(29)40-42-35-32(62(54,55)56)16-21-12-24(8-9-26(21)37(35)46)39-23-4-2-1-3-5-23)20-7-11-28(30(45)15-20)41-43-36-33(63(57,58)59)17-22-13-25(60(48,49)50)18-31(61(51,52)53)34(22)38(36)47/h1-18,39,44-47H,(H,48,49,50)(H,51,52,53)(H,54,55,56)(H,57,58,59). The number of para-hydroxylation sites is 1. The van der Waals surface area contributed by atoms with Crippen molar-refractivity contribution in [2.45, 2.75) is 19.6 Å². The number of aromatic hydroxyl groups is 4. The van der Waals surface area contributed by atoms with Crippen LogP contribution in [0.3, 0.4) is 0 Å². The predicted octanol–water partition coefficient (Wildman–Crippen LogP) is 8.04. The monoisotopic (exact) mass is 937 g/mol. The summed E-state index contributed by atoms with van der Waals surface area (Å²) in [5.74, 6) is -3.14. The largest absolute Gasteiger partial charge is 0.506 e. The summed E-state index contributed by atoms with van der Waals surface area (Å²) in [5.41, 5.74) is -0.648. The highest BCUT2D eigenvalue weighted by molar-refractivity contribution is 7.87. The van der Waals surface area contributed by atoms with Gasteiger partial charge in [-0.1, -0.05) is 30.3 Å². The minimum atomic E-state index is -5.38. The van der Waals surface area contributed by atoms with Crippen LogP contribution in [0.2, 0.25) is 0 Å². The fraction of sp³-hybridized carbons (Fsp3) is 0. The molecule has 0 spiro atoms. The first-order chi connectivity index (χ1) is 29.4. The maximum absolute atomic E-state index is 12.4. The summed E-state index contributed by atoms with van der Waals surface area (Å²) in [6, 6.07) is 23.5. The molecule has 0 aliphatic heterocycles. The van der Waals surface area contributed by atoms with Gasteiger partial charge in [0.1, 0.15) is 48.9 Å². The third kappa shape index (κ3) is 9.10. The van der Waals surface area contributed by atoms with Gasteiger partial charge in [0.2, 0.25) is 0 Å². The molecule has 0 fully saturated rings. The molecule has 0 aliphatic rings. The molecule has 7 aromatic carbocycles. The van der Waals surface area contributed by atoms with Crippen molar-refractivity contribution in [3.63, 3.8) is 0 Å². The van der Waals surface area contributed by atoms with Gasteiger partial charge < -0.3 is 25.7 Å². The lowest BCUT2D eigenvalue weighted by atomic mass is 10.0. The molecule has 0 heterocycles. The molecule has 63 heavy (non-hydrogen) atoms. The van der Waals surface area contributed by atoms with Gasteiger partial charge in [-0.25, -0.2) is 0 Å². The van der Waals surface area contributed by atoms with Gasteiger partial charge >= 0.3 is 0 Å². The lowest BCUT2D eigenvalue weighted by Gasteiger charge is -2.12. The Hall–Kier alpha value is -7.10. The Labute approximate surface area is 355 Å². The van der Waals surface area contributed by atoms with Gasteiger partial charge in [0, 0.05) is 22.1 Å². The Balaban J connectivity index is 1.20. The fourth-order valence-corrected chi connectivity index (χ4v) is 8.94. The van der Waals surface area contributed by atoms with Crippen LogP contribution in [0.1, 0.15) is 0 Å². The van der Waals surface area contributed by atoms with Gasteiger partial charge in [-0.15, -0.1) is 20.5 Å². The maximum Gasteiger partial charge on any atom is 0.296 e. The van der Waals surface area contributed by atoms with Crippen LogP contribution >= 0.6 is 0 Å². The number of hydrogen-bond acceptors (Lipinski definition) is 17. The van der Waals surface area contributed by atoms with Crippen LogP contribution in [0.4, 0.5) is 34.1 Å². The SMILES string of the molecule is O=S(=O)(O)c1cc(S(=O)(=O)O)c2c(O)c(N=Nc3ccc(-c4ccc(N=Nc5c(S(=O)(=O)O)cc6cc(Nc7ccccc7)ccc6c5O)c(O)c4)cc3O)c(S(=O)(=O)O)cc2c1. The van der Waals surface area contributed by atoms with Gasteiger partial charge in [0.05, 0.1) is 4.90 Å². The number of hydrogen-bond donors (Lipinski definition) is 9. The van der Waals surface area contributed by atoms with Gasteiger partial charge in [-0.05, 0) is 101 Å². The number of nitrogens with one attached hydrogen (secondary N) is 1. The van der Waals surface area contributed by atoms with Gasteiger partial charge in [0.25, 0.3) is 40.5 Å². The molecule has 21 nitrogen and oxygen atoms in total. The molecule has 0 atom stereocenters. The van der Waals surface area contributed by atoms with E-state index >= 15 is 0 Å². The minimum absolute atomic E-state index is 0.161. The van der Waals surface area contributed by atoms with Crippen LogP contribution < -0.4 is 5.32 Å². The third-order valence-electron chi connectivity index (χ3n) is 9.13. The van der Waals surface area contributed by atoms with Crippen LogP contribution in [-0.4, -0.2) is 72.3 Å². The number of benzene rings is 7. The molecular weight excluding hydrogens is 911 g/mol. The number of nitrogens with zero attached hydrogens (tertiary/aromatic N) is 4. The molecular formula is C38H27N5O16S4. The van der Waals surface area contributed by atoms with Crippen molar-refractivity contribution in [3.05, 3.63) is 109 Å². The number of fused-ring (bicyclic) bond motifs is 2. The molecule has 0 saturated carbocycles. The lowest BCUT2D eigenvalue weighted by molar-refractivity contribution is 0.469. The number of rotatable bonds is 11. The minimum Gasteiger partial charge on any atom is -0.506 e. The van der Waals surface area contributed by atoms with Crippen molar-refractivity contribution in [2.24, 2.45) is 20.5 Å². The average molecular weight is 938 g/mol. The predicted molar refractivity (Wildman–Crippen MR) is 224 cm³/mol. The van der Waals surface area contributed by atoms with Crippen LogP contribution in [0.25, 0.3) is 32.7 Å². The molecule has 0 amide bonds. The first kappa shape index (κ1) is 44.0. The van der Waals surface area contributed by atoms with Crippen molar-refractivity contribution >= 4 is 96.1 Å². The number of azo groups is 2. The molecule has 0 aliphatic carbocycles. The van der Waals surface area contributed by atoms with Crippen molar-refractivity contribution in [3.8, 4) is 34.1 Å². The van der Waals surface area contributed by atoms with Crippen LogP contribution in [0.5, 0.6) is 23.0 Å². The molecule has 25 heteroatoms. The maximum atomic E-state index is 12.4. The summed E-state index contributed by atoms with van der Waals surface area (Å²) < 4.78 is 136. The van der Waals surface area contributed by atoms with E-state index in [1.807, 2.05) is 6.07 Å². The number of phenolic OH excluding ortho intramolecular Hbond substituents is 4. The van der Waals surface area contributed by atoms with E-state index in [0.717, 1.165) is 23.9 Å². The summed E-state index contributed by atoms with van der Waals surface area (Å²) in [5, 5.41) is 60.7. The fourth-order valence-electron chi connectivity index (χ4n) is 6.26. The van der Waals surface area contributed by atoms with E-state index in [4.69, 9.17) is 0 Å². The second-order valence-electron chi connectivity index (χ2n) is 13.3. The van der Waals surface area contributed by atoms with Crippen molar-refractivity contribution < 1.29 is 72.3 Å². The normalized spacial score (nSPS) is 12.8. The van der Waals surface area contributed by atoms with Gasteiger partial charge in [-0.3, -0.25) is 18.2 Å². The average Bonchev–Trinajstić information content (AvgIpc) is 3.19. The molecule has 7 rings (SSSR count). The van der Waals surface area contributed by atoms with E-state index in [-0.39, 0.29) is 33.7 Å². The second-order valence-corrected chi connectivity index (χ2v) is 18.9. The quantitative estimate of drug-likeness (QED) is 0.0437. The number of anilines is 2. The summed E-state index contributed by atoms with van der Waals surface area (Å²) in [7, 11) is -20.9. The van der Waals surface area contributed by atoms with Gasteiger partial charge in [-0.2, -0.15) is 33.7 Å². The molecule has 0 saturated heterocycles. The van der Waals surface area contributed by atoms with Gasteiger partial charge in [0.15, 0.2) is 11.5 Å². The van der Waals surface area contributed by atoms with Crippen molar-refractivity contribution in [1.82, 2.24) is 0 Å². The molecule has 324 valence electrons. The van der Waals surface area contributed by atoms with E-state index in [2.05, 4.69) is 25.8 Å². The zero-order valence-electron chi connectivity index (χ0n) is 31.2. The Bertz CT molecular complexity index is 3590. The topological polar surface area (TPSA) is 360 Å². The van der Waals surface area contributed by atoms with Crippen LogP contribution in [0.15, 0.2) is 149 Å². The Morgan fingerprint density at radius 2 is 0.937 bits per heavy atom. The van der Waals surface area contributed by atoms with Crippen molar-refractivity contribution in [2.75, 3.05) is 5.32 Å². The zero-order valence-corrected chi connectivity index (χ0v) is 34.4. The van der Waals surface area contributed by atoms with E-state index in [1.165, 1.54) is 30.3 Å². The molecule has 0 unspecified atom stereocenters. The van der Waals surface area contributed by atoms with Crippen LogP contribution in [-0.2, 0) is 40.5 Å². The highest BCUT2D eigenvalue weighted by Crippen LogP contribution is 2.46. The smallest absolute Gasteiger partial charge is 0.296 e. The summed E-state index contributed by atoms with van der Waals surface area (Å²) in [6.07, 6.45) is 0. The second kappa shape index (κ2) is 16.0. The van der Waals surface area contributed by atoms with E-state index in [0.29, 0.717) is 17.8 Å². The van der Waals surface area contributed by atoms with Crippen molar-refractivity contribution in [1.29, 1.82) is 0 Å². The molecule has 0 radical (unpaired) electrons. The summed E-state index contributed by atoms with van der Waals surface area (Å²) in [4.78, 5) is -4.44. The first-order valence-corrected chi connectivity index (χ1v) is 23.0. The zero-order chi connectivity index (χ0) is 45.8. The Morgan fingerprint density at radius 3 is 1.43 bits per heavy atom. The Kier molecular flexibility index (Phi) is 11.2. The van der Waals surface area contributed by atoms with E-state index < -0.39 is 111 Å². The molecule has 9 N–H and O–H groups in total. The summed E-state index contributed by atoms with van der Waals surface area (Å²) >= 11 is 0. The third-order valence-corrected chi connectivity index (χ3v) is 12.6. The molecule has 0 bridgehead atoms. The molecule has 0 aromatic heterocycles. The number of phenols is 4. The summed E-state index contributed by atoms with van der Waals surface area (Å²) in [6.45, 7) is 0. The highest BCUT2D eigenvalue weighted by atomic mass is 32.2. The first-order valence-electron chi connectivity index (χ1n) is 17.3. The molecule has 7 aromatic rings.